The van der Waals surface area contributed by atoms with Crippen molar-refractivity contribution in [2.24, 2.45) is 0 Å². The van der Waals surface area contributed by atoms with E-state index in [2.05, 4.69) is 41.0 Å². The average Bonchev–Trinajstić information content (AvgIpc) is 3.11. The number of nitrogens with zero attached hydrogens (tertiary/aromatic N) is 2. The SMILES string of the molecule is Cc1ccc(CSCC(=O)N2CCN(C3CCCC3)CC2)cc1. The summed E-state index contributed by atoms with van der Waals surface area (Å²) >= 11 is 1.74. The molecule has 3 nitrogen and oxygen atoms in total. The van der Waals surface area contributed by atoms with Gasteiger partial charge in [0.15, 0.2) is 0 Å². The van der Waals surface area contributed by atoms with Crippen molar-refractivity contribution in [2.75, 3.05) is 31.9 Å². The summed E-state index contributed by atoms with van der Waals surface area (Å²) in [6, 6.07) is 9.39. The van der Waals surface area contributed by atoms with Gasteiger partial charge < -0.3 is 4.90 Å². The zero-order chi connectivity index (χ0) is 16.1. The van der Waals surface area contributed by atoms with Crippen LogP contribution in [0.3, 0.4) is 0 Å². The van der Waals surface area contributed by atoms with E-state index in [4.69, 9.17) is 0 Å². The molecule has 0 spiro atoms. The van der Waals surface area contributed by atoms with Crippen molar-refractivity contribution in [1.82, 2.24) is 9.80 Å². The first-order valence-corrected chi connectivity index (χ1v) is 10.0. The fourth-order valence-electron chi connectivity index (χ4n) is 3.64. The van der Waals surface area contributed by atoms with Crippen molar-refractivity contribution >= 4 is 17.7 Å². The van der Waals surface area contributed by atoms with Crippen LogP contribution in [0.2, 0.25) is 0 Å². The number of hydrogen-bond acceptors (Lipinski definition) is 3. The number of carbonyl (C=O) groups excluding carboxylic acids is 1. The van der Waals surface area contributed by atoms with Gasteiger partial charge in [0.1, 0.15) is 0 Å². The summed E-state index contributed by atoms with van der Waals surface area (Å²) in [5.41, 5.74) is 2.59. The molecule has 4 heteroatoms. The molecule has 0 aromatic heterocycles. The van der Waals surface area contributed by atoms with E-state index in [0.717, 1.165) is 38.0 Å². The normalized spacial score (nSPS) is 20.1. The van der Waals surface area contributed by atoms with Gasteiger partial charge in [-0.1, -0.05) is 42.7 Å². The van der Waals surface area contributed by atoms with E-state index in [0.29, 0.717) is 11.7 Å². The number of thioether (sulfide) groups is 1. The lowest BCUT2D eigenvalue weighted by atomic mass is 10.2. The Kier molecular flexibility index (Phi) is 6.01. The number of hydrogen-bond donors (Lipinski definition) is 0. The van der Waals surface area contributed by atoms with Crippen LogP contribution in [0.15, 0.2) is 24.3 Å². The molecule has 0 atom stereocenters. The van der Waals surface area contributed by atoms with Crippen LogP contribution in [0.5, 0.6) is 0 Å². The van der Waals surface area contributed by atoms with Crippen LogP contribution in [-0.4, -0.2) is 53.7 Å². The Morgan fingerprint density at radius 2 is 1.74 bits per heavy atom. The summed E-state index contributed by atoms with van der Waals surface area (Å²) in [4.78, 5) is 17.0. The summed E-state index contributed by atoms with van der Waals surface area (Å²) in [5, 5.41) is 0. The van der Waals surface area contributed by atoms with Gasteiger partial charge in [-0.25, -0.2) is 0 Å². The standard InChI is InChI=1S/C19H28N2OS/c1-16-6-8-17(9-7-16)14-23-15-19(22)21-12-10-20(11-13-21)18-4-2-3-5-18/h6-9,18H,2-5,10-15H2,1H3. The molecule has 1 aliphatic heterocycles. The molecule has 1 aromatic carbocycles. The quantitative estimate of drug-likeness (QED) is 0.826. The molecular weight excluding hydrogens is 304 g/mol. The highest BCUT2D eigenvalue weighted by Gasteiger charge is 2.27. The highest BCUT2D eigenvalue weighted by molar-refractivity contribution is 7.99. The zero-order valence-corrected chi connectivity index (χ0v) is 15.0. The largest absolute Gasteiger partial charge is 0.339 e. The van der Waals surface area contributed by atoms with E-state index in [1.54, 1.807) is 11.8 Å². The Labute approximate surface area is 144 Å². The Morgan fingerprint density at radius 3 is 2.39 bits per heavy atom. The van der Waals surface area contributed by atoms with Gasteiger partial charge in [0, 0.05) is 38.0 Å². The Bertz CT molecular complexity index is 503. The molecule has 1 aromatic rings. The van der Waals surface area contributed by atoms with E-state index < -0.39 is 0 Å². The number of rotatable bonds is 5. The van der Waals surface area contributed by atoms with E-state index >= 15 is 0 Å². The third kappa shape index (κ3) is 4.74. The second kappa shape index (κ2) is 8.20. The van der Waals surface area contributed by atoms with Gasteiger partial charge in [0.2, 0.25) is 5.91 Å². The predicted octanol–water partition coefficient (Wildman–Crippen LogP) is 3.32. The highest BCUT2D eigenvalue weighted by Crippen LogP contribution is 2.24. The minimum atomic E-state index is 0.313. The van der Waals surface area contributed by atoms with Crippen LogP contribution in [0, 0.1) is 6.92 Å². The number of amides is 1. The maximum atomic E-state index is 12.4. The molecule has 3 rings (SSSR count). The second-order valence-corrected chi connectivity index (χ2v) is 7.82. The molecule has 126 valence electrons. The molecule has 1 saturated carbocycles. The average molecular weight is 333 g/mol. The first-order chi connectivity index (χ1) is 11.2. The Morgan fingerprint density at radius 1 is 1.09 bits per heavy atom. The fourth-order valence-corrected chi connectivity index (χ4v) is 4.53. The molecule has 0 unspecified atom stereocenters. The van der Waals surface area contributed by atoms with E-state index in [9.17, 15) is 4.79 Å². The van der Waals surface area contributed by atoms with Crippen molar-refractivity contribution in [1.29, 1.82) is 0 Å². The van der Waals surface area contributed by atoms with Crippen molar-refractivity contribution < 1.29 is 4.79 Å². The summed E-state index contributed by atoms with van der Waals surface area (Å²) < 4.78 is 0. The van der Waals surface area contributed by atoms with Gasteiger partial charge in [-0.15, -0.1) is 11.8 Å². The van der Waals surface area contributed by atoms with Gasteiger partial charge in [-0.3, -0.25) is 9.69 Å². The number of carbonyl (C=O) groups is 1. The molecule has 1 amide bonds. The monoisotopic (exact) mass is 332 g/mol. The molecule has 2 fully saturated rings. The van der Waals surface area contributed by atoms with Crippen LogP contribution in [0.25, 0.3) is 0 Å². The lowest BCUT2D eigenvalue weighted by molar-refractivity contribution is -0.130. The van der Waals surface area contributed by atoms with Gasteiger partial charge >= 0.3 is 0 Å². The Hall–Kier alpha value is -1.00. The minimum absolute atomic E-state index is 0.313. The second-order valence-electron chi connectivity index (χ2n) is 6.83. The molecular formula is C19H28N2OS. The number of piperazine rings is 1. The smallest absolute Gasteiger partial charge is 0.232 e. The third-order valence-electron chi connectivity index (χ3n) is 5.12. The van der Waals surface area contributed by atoms with E-state index in [-0.39, 0.29) is 0 Å². The van der Waals surface area contributed by atoms with Crippen LogP contribution in [0.1, 0.15) is 36.8 Å². The van der Waals surface area contributed by atoms with Gasteiger partial charge in [-0.05, 0) is 25.3 Å². The molecule has 0 radical (unpaired) electrons. The van der Waals surface area contributed by atoms with Crippen molar-refractivity contribution in [3.63, 3.8) is 0 Å². The minimum Gasteiger partial charge on any atom is -0.339 e. The molecule has 0 N–H and O–H groups in total. The van der Waals surface area contributed by atoms with Crippen LogP contribution < -0.4 is 0 Å². The number of benzene rings is 1. The van der Waals surface area contributed by atoms with Gasteiger partial charge in [-0.2, -0.15) is 0 Å². The third-order valence-corrected chi connectivity index (χ3v) is 6.11. The Balaban J connectivity index is 1.36. The first kappa shape index (κ1) is 16.8. The van der Waals surface area contributed by atoms with Crippen LogP contribution in [0.4, 0.5) is 0 Å². The molecule has 1 saturated heterocycles. The maximum absolute atomic E-state index is 12.4. The molecule has 1 heterocycles. The highest BCUT2D eigenvalue weighted by atomic mass is 32.2. The molecule has 1 aliphatic carbocycles. The molecule has 23 heavy (non-hydrogen) atoms. The first-order valence-electron chi connectivity index (χ1n) is 8.87. The van der Waals surface area contributed by atoms with E-state index in [1.165, 1.54) is 36.8 Å². The number of aryl methyl sites for hydroxylation is 1. The lowest BCUT2D eigenvalue weighted by Gasteiger charge is -2.38. The topological polar surface area (TPSA) is 23.6 Å². The molecule has 0 bridgehead atoms. The van der Waals surface area contributed by atoms with Gasteiger partial charge in [0.05, 0.1) is 5.75 Å². The summed E-state index contributed by atoms with van der Waals surface area (Å²) in [7, 11) is 0. The summed E-state index contributed by atoms with van der Waals surface area (Å²) in [5.74, 6) is 1.85. The zero-order valence-electron chi connectivity index (χ0n) is 14.2. The van der Waals surface area contributed by atoms with E-state index in [1.807, 2.05) is 0 Å². The van der Waals surface area contributed by atoms with Crippen LogP contribution in [-0.2, 0) is 10.5 Å². The summed E-state index contributed by atoms with van der Waals surface area (Å²) in [6.45, 7) is 6.07. The van der Waals surface area contributed by atoms with Crippen molar-refractivity contribution in [3.05, 3.63) is 35.4 Å². The van der Waals surface area contributed by atoms with Crippen molar-refractivity contribution in [3.8, 4) is 0 Å². The van der Waals surface area contributed by atoms with Crippen molar-refractivity contribution in [2.45, 2.75) is 44.4 Å². The van der Waals surface area contributed by atoms with Gasteiger partial charge in [0.25, 0.3) is 0 Å². The maximum Gasteiger partial charge on any atom is 0.232 e. The lowest BCUT2D eigenvalue weighted by Crippen LogP contribution is -2.51. The molecule has 2 aliphatic rings. The van der Waals surface area contributed by atoms with Crippen LogP contribution >= 0.6 is 11.8 Å². The fraction of sp³-hybridized carbons (Fsp3) is 0.632. The predicted molar refractivity (Wildman–Crippen MR) is 97.8 cm³/mol. The summed E-state index contributed by atoms with van der Waals surface area (Å²) in [6.07, 6.45) is 5.50.